The lowest BCUT2D eigenvalue weighted by molar-refractivity contribution is -0.122. The smallest absolute Gasteiger partial charge is 0.256 e. The van der Waals surface area contributed by atoms with Crippen LogP contribution in [-0.4, -0.2) is 47.4 Å². The van der Waals surface area contributed by atoms with Crippen molar-refractivity contribution in [2.75, 3.05) is 5.75 Å². The van der Waals surface area contributed by atoms with E-state index in [0.717, 1.165) is 25.0 Å². The molecule has 2 aromatic rings. The average molecular weight is 524 g/mol. The molecule has 186 valence electrons. The fourth-order valence-corrected chi connectivity index (χ4v) is 6.85. The first-order valence-corrected chi connectivity index (χ1v) is 13.5. The molecule has 1 aliphatic heterocycles. The van der Waals surface area contributed by atoms with Gasteiger partial charge in [0.15, 0.2) is 9.84 Å². The highest BCUT2D eigenvalue weighted by Gasteiger charge is 2.73. The molecule has 7 nitrogen and oxygen atoms in total. The molecule has 2 heterocycles. The van der Waals surface area contributed by atoms with E-state index in [1.54, 1.807) is 0 Å². The SMILES string of the molecule is CCS(=O)(=O)c1cncc(C(=O)N2C(C(N)=O)CC3CC32[C@@H](c2cc(F)c(Cl)cc2F)C2CC2)c1. The molecule has 35 heavy (non-hydrogen) atoms. The van der Waals surface area contributed by atoms with Crippen LogP contribution in [0, 0.1) is 23.5 Å². The number of aromatic nitrogens is 1. The van der Waals surface area contributed by atoms with Gasteiger partial charge < -0.3 is 10.6 Å². The summed E-state index contributed by atoms with van der Waals surface area (Å²) in [6, 6.07) is 2.31. The third-order valence-electron chi connectivity index (χ3n) is 7.64. The third kappa shape index (κ3) is 3.81. The number of sulfone groups is 1. The highest BCUT2D eigenvalue weighted by Crippen LogP contribution is 2.69. The Morgan fingerprint density at radius 1 is 1.23 bits per heavy atom. The number of nitrogens with zero attached hydrogens (tertiary/aromatic N) is 2. The number of nitrogens with two attached hydrogens (primary N) is 1. The molecule has 0 spiro atoms. The Morgan fingerprint density at radius 2 is 1.94 bits per heavy atom. The lowest BCUT2D eigenvalue weighted by atomic mass is 9.82. The summed E-state index contributed by atoms with van der Waals surface area (Å²) in [6.07, 6.45) is 4.78. The van der Waals surface area contributed by atoms with E-state index in [4.69, 9.17) is 17.3 Å². The van der Waals surface area contributed by atoms with Crippen molar-refractivity contribution in [2.45, 2.75) is 55.0 Å². The largest absolute Gasteiger partial charge is 0.368 e. The highest BCUT2D eigenvalue weighted by molar-refractivity contribution is 7.91. The van der Waals surface area contributed by atoms with Crippen molar-refractivity contribution in [2.24, 2.45) is 17.6 Å². The normalized spacial score (nSPS) is 26.3. The van der Waals surface area contributed by atoms with Gasteiger partial charge in [0.1, 0.15) is 17.7 Å². The van der Waals surface area contributed by atoms with Crippen LogP contribution >= 0.6 is 11.6 Å². The minimum Gasteiger partial charge on any atom is -0.368 e. The fourth-order valence-electron chi connectivity index (χ4n) is 5.84. The van der Waals surface area contributed by atoms with Crippen molar-refractivity contribution in [3.8, 4) is 0 Å². The zero-order chi connectivity index (χ0) is 25.3. The number of benzene rings is 1. The highest BCUT2D eigenvalue weighted by atomic mass is 35.5. The standard InChI is InChI=1S/C24H24ClF2N3O4S/c1-2-35(33,34)15-5-13(10-29-11-15)23(32)30-20(22(28)31)6-14-9-24(14,30)21(12-3-4-12)16-7-19(27)17(25)8-18(16)26/h5,7-8,10-12,14,20-21H,2-4,6,9H2,1H3,(H2,28,31)/t14?,20?,21-,24?/m1/s1. The zero-order valence-electron chi connectivity index (χ0n) is 18.9. The molecule has 5 rings (SSSR count). The van der Waals surface area contributed by atoms with E-state index in [1.165, 1.54) is 30.3 Å². The summed E-state index contributed by atoms with van der Waals surface area (Å²) < 4.78 is 54.3. The van der Waals surface area contributed by atoms with Gasteiger partial charge in [0.2, 0.25) is 5.91 Å². The molecule has 11 heteroatoms. The summed E-state index contributed by atoms with van der Waals surface area (Å²) in [7, 11) is -3.63. The number of primary amides is 1. The van der Waals surface area contributed by atoms with Crippen molar-refractivity contribution in [1.29, 1.82) is 0 Å². The molecule has 3 unspecified atom stereocenters. The number of hydrogen-bond donors (Lipinski definition) is 1. The Hall–Kier alpha value is -2.59. The Kier molecular flexibility index (Phi) is 5.67. The number of hydrogen-bond acceptors (Lipinski definition) is 5. The Bertz CT molecular complexity index is 1350. The van der Waals surface area contributed by atoms with E-state index in [9.17, 15) is 22.4 Å². The second-order valence-electron chi connectivity index (χ2n) is 9.64. The predicted octanol–water partition coefficient (Wildman–Crippen LogP) is 3.46. The van der Waals surface area contributed by atoms with Crippen molar-refractivity contribution < 1.29 is 26.8 Å². The van der Waals surface area contributed by atoms with Crippen LogP contribution < -0.4 is 5.73 Å². The van der Waals surface area contributed by atoms with Crippen molar-refractivity contribution in [1.82, 2.24) is 9.88 Å². The Labute approximate surface area is 206 Å². The first-order chi connectivity index (χ1) is 16.5. The molecule has 2 N–H and O–H groups in total. The van der Waals surface area contributed by atoms with E-state index in [2.05, 4.69) is 4.98 Å². The molecule has 2 amide bonds. The van der Waals surface area contributed by atoms with Crippen LogP contribution in [0.2, 0.25) is 5.02 Å². The zero-order valence-corrected chi connectivity index (χ0v) is 20.5. The van der Waals surface area contributed by atoms with Crippen LogP contribution in [0.15, 0.2) is 35.5 Å². The van der Waals surface area contributed by atoms with Gasteiger partial charge >= 0.3 is 0 Å². The summed E-state index contributed by atoms with van der Waals surface area (Å²) in [6.45, 7) is 1.48. The van der Waals surface area contributed by atoms with Gasteiger partial charge in [-0.15, -0.1) is 0 Å². The number of likely N-dealkylation sites (tertiary alicyclic amines) is 1. The van der Waals surface area contributed by atoms with Gasteiger partial charge in [-0.3, -0.25) is 14.6 Å². The minimum absolute atomic E-state index is 0.00179. The first-order valence-electron chi connectivity index (χ1n) is 11.5. The van der Waals surface area contributed by atoms with E-state index in [1.807, 2.05) is 0 Å². The van der Waals surface area contributed by atoms with Crippen LogP contribution in [-0.2, 0) is 14.6 Å². The molecule has 1 aromatic carbocycles. The Morgan fingerprint density at radius 3 is 2.57 bits per heavy atom. The van der Waals surface area contributed by atoms with Crippen molar-refractivity contribution in [3.05, 3.63) is 58.4 Å². The van der Waals surface area contributed by atoms with E-state index in [-0.39, 0.29) is 38.6 Å². The molecule has 2 saturated carbocycles. The summed E-state index contributed by atoms with van der Waals surface area (Å²) >= 11 is 5.78. The number of rotatable bonds is 7. The molecule has 0 radical (unpaired) electrons. The summed E-state index contributed by atoms with van der Waals surface area (Å²) in [5.41, 5.74) is 4.86. The average Bonchev–Trinajstić information content (AvgIpc) is 3.75. The van der Waals surface area contributed by atoms with Gasteiger partial charge in [-0.05, 0) is 61.3 Å². The minimum atomic E-state index is -3.63. The third-order valence-corrected chi connectivity index (χ3v) is 9.63. The fraction of sp³-hybridized carbons (Fsp3) is 0.458. The number of halogens is 3. The Balaban J connectivity index is 1.62. The van der Waals surface area contributed by atoms with Crippen LogP contribution in [0.3, 0.4) is 0 Å². The summed E-state index contributed by atoms with van der Waals surface area (Å²) in [5, 5.41) is -0.333. The maximum Gasteiger partial charge on any atom is 0.256 e. The topological polar surface area (TPSA) is 110 Å². The number of fused-ring (bicyclic) bond motifs is 1. The molecule has 2 aliphatic carbocycles. The molecular formula is C24H24ClF2N3O4S. The monoisotopic (exact) mass is 523 g/mol. The molecule has 1 saturated heterocycles. The predicted molar refractivity (Wildman–Crippen MR) is 123 cm³/mol. The maximum absolute atomic E-state index is 15.1. The van der Waals surface area contributed by atoms with Gasteiger partial charge in [-0.25, -0.2) is 17.2 Å². The van der Waals surface area contributed by atoms with Gasteiger partial charge in [0.25, 0.3) is 5.91 Å². The summed E-state index contributed by atoms with van der Waals surface area (Å²) in [4.78, 5) is 31.5. The molecule has 3 aliphatic rings. The number of amides is 2. The van der Waals surface area contributed by atoms with E-state index >= 15 is 4.39 Å². The molecule has 1 aromatic heterocycles. The van der Waals surface area contributed by atoms with Crippen molar-refractivity contribution in [3.63, 3.8) is 0 Å². The van der Waals surface area contributed by atoms with Crippen LogP contribution in [0.5, 0.6) is 0 Å². The van der Waals surface area contributed by atoms with Gasteiger partial charge in [0, 0.05) is 18.3 Å². The second kappa shape index (κ2) is 8.23. The van der Waals surface area contributed by atoms with E-state index in [0.29, 0.717) is 12.8 Å². The first kappa shape index (κ1) is 24.1. The number of carbonyl (C=O) groups excluding carboxylic acids is 2. The number of piperidine rings is 1. The van der Waals surface area contributed by atoms with Crippen molar-refractivity contribution >= 4 is 33.3 Å². The molecule has 4 atom stereocenters. The summed E-state index contributed by atoms with van der Waals surface area (Å²) in [5.74, 6) is -3.57. The van der Waals surface area contributed by atoms with Gasteiger partial charge in [-0.1, -0.05) is 18.5 Å². The molecule has 0 bridgehead atoms. The lowest BCUT2D eigenvalue weighted by Crippen LogP contribution is -2.53. The maximum atomic E-state index is 15.1. The van der Waals surface area contributed by atoms with E-state index < -0.39 is 50.8 Å². The molecule has 3 fully saturated rings. The quantitative estimate of drug-likeness (QED) is 0.559. The molecular weight excluding hydrogens is 500 g/mol. The van der Waals surface area contributed by atoms with Crippen LogP contribution in [0.1, 0.15) is 54.4 Å². The second-order valence-corrected chi connectivity index (χ2v) is 12.3. The number of pyridine rings is 1. The van der Waals surface area contributed by atoms with Gasteiger partial charge in [-0.2, -0.15) is 0 Å². The lowest BCUT2D eigenvalue weighted by Gasteiger charge is -2.38. The van der Waals surface area contributed by atoms with Crippen LogP contribution in [0.25, 0.3) is 0 Å². The van der Waals surface area contributed by atoms with Gasteiger partial charge in [0.05, 0.1) is 26.8 Å². The number of carbonyl (C=O) groups is 2. The van der Waals surface area contributed by atoms with Crippen LogP contribution in [0.4, 0.5) is 8.78 Å².